The SMILES string of the molecule is O=S(=O)([O-])[O-].OCCNCCO.OCCNCCO.[Co+2]. The first kappa shape index (κ1) is 28.3. The zero-order valence-electron chi connectivity index (χ0n) is 10.8. The van der Waals surface area contributed by atoms with Crippen LogP contribution in [0.1, 0.15) is 0 Å². The fraction of sp³-hybridized carbons (Fsp3) is 1.00. The van der Waals surface area contributed by atoms with E-state index in [9.17, 15) is 0 Å². The van der Waals surface area contributed by atoms with Crippen molar-refractivity contribution in [3.8, 4) is 0 Å². The predicted molar refractivity (Wildman–Crippen MR) is 64.6 cm³/mol. The molecule has 0 aromatic rings. The maximum atomic E-state index is 8.52. The molecule has 6 N–H and O–H groups in total. The molecule has 0 atom stereocenters. The van der Waals surface area contributed by atoms with E-state index in [2.05, 4.69) is 10.6 Å². The van der Waals surface area contributed by atoms with Crippen LogP contribution in [-0.2, 0) is 27.2 Å². The van der Waals surface area contributed by atoms with E-state index in [0.29, 0.717) is 26.2 Å². The van der Waals surface area contributed by atoms with E-state index < -0.39 is 10.4 Å². The molecule has 20 heavy (non-hydrogen) atoms. The Labute approximate surface area is 129 Å². The van der Waals surface area contributed by atoms with Crippen LogP contribution in [0.3, 0.4) is 0 Å². The number of aliphatic hydroxyl groups excluding tert-OH is 4. The molecule has 0 saturated heterocycles. The normalized spacial score (nSPS) is 9.50. The maximum absolute atomic E-state index is 8.52. The second kappa shape index (κ2) is 24.2. The van der Waals surface area contributed by atoms with E-state index in [-0.39, 0.29) is 43.2 Å². The molecule has 0 fully saturated rings. The summed E-state index contributed by atoms with van der Waals surface area (Å²) in [6.45, 7) is 2.84. The van der Waals surface area contributed by atoms with Gasteiger partial charge in [-0.15, -0.1) is 0 Å². The van der Waals surface area contributed by atoms with Gasteiger partial charge in [0.05, 0.1) is 26.4 Å². The van der Waals surface area contributed by atoms with Crippen molar-refractivity contribution in [2.75, 3.05) is 52.6 Å². The summed E-state index contributed by atoms with van der Waals surface area (Å²) >= 11 is 0. The molecular formula is C8H22CoN2O8S. The second-order valence-corrected chi connectivity index (χ2v) is 3.62. The van der Waals surface area contributed by atoms with E-state index >= 15 is 0 Å². The molecule has 0 aliphatic carbocycles. The van der Waals surface area contributed by atoms with Crippen molar-refractivity contribution in [2.45, 2.75) is 0 Å². The van der Waals surface area contributed by atoms with Gasteiger partial charge in [0.25, 0.3) is 0 Å². The average Bonchev–Trinajstić information content (AvgIpc) is 2.29. The van der Waals surface area contributed by atoms with Crippen LogP contribution < -0.4 is 10.6 Å². The Morgan fingerprint density at radius 1 is 0.700 bits per heavy atom. The molecule has 0 aromatic heterocycles. The number of hydrogen-bond acceptors (Lipinski definition) is 10. The Hall–Kier alpha value is 0.136. The second-order valence-electron chi connectivity index (χ2n) is 2.80. The summed E-state index contributed by atoms with van der Waals surface area (Å²) in [4.78, 5) is 0. The van der Waals surface area contributed by atoms with Crippen molar-refractivity contribution in [1.82, 2.24) is 10.6 Å². The van der Waals surface area contributed by atoms with Crippen LogP contribution in [0.2, 0.25) is 0 Å². The van der Waals surface area contributed by atoms with Crippen LogP contribution in [-0.4, -0.2) is 90.6 Å². The molecular weight excluding hydrogens is 343 g/mol. The summed E-state index contributed by atoms with van der Waals surface area (Å²) in [6, 6.07) is 0. The summed E-state index contributed by atoms with van der Waals surface area (Å²) in [5, 5.41) is 38.2. The molecule has 12 heteroatoms. The van der Waals surface area contributed by atoms with Crippen molar-refractivity contribution < 1.29 is 54.7 Å². The zero-order chi connectivity index (χ0) is 15.6. The van der Waals surface area contributed by atoms with Crippen molar-refractivity contribution >= 4 is 10.4 Å². The van der Waals surface area contributed by atoms with Crippen LogP contribution >= 0.6 is 0 Å². The monoisotopic (exact) mass is 365 g/mol. The maximum Gasteiger partial charge on any atom is 2.00 e. The molecule has 0 unspecified atom stereocenters. The van der Waals surface area contributed by atoms with Crippen molar-refractivity contribution in [1.29, 1.82) is 0 Å². The van der Waals surface area contributed by atoms with Crippen LogP contribution in [0.25, 0.3) is 0 Å². The van der Waals surface area contributed by atoms with Gasteiger partial charge in [0.2, 0.25) is 0 Å². The molecule has 0 aromatic carbocycles. The Balaban J connectivity index is -0.0000000952. The minimum Gasteiger partial charge on any atom is -0.759 e. The van der Waals surface area contributed by atoms with Crippen LogP contribution in [0.4, 0.5) is 0 Å². The summed E-state index contributed by atoms with van der Waals surface area (Å²) in [5.41, 5.74) is 0. The largest absolute Gasteiger partial charge is 2.00 e. The fourth-order valence-electron chi connectivity index (χ4n) is 0.566. The molecule has 127 valence electrons. The third kappa shape index (κ3) is 80.4. The van der Waals surface area contributed by atoms with Gasteiger partial charge in [-0.2, -0.15) is 0 Å². The average molecular weight is 365 g/mol. The summed E-state index contributed by atoms with van der Waals surface area (Å²) in [6.07, 6.45) is 0. The van der Waals surface area contributed by atoms with Crippen molar-refractivity contribution in [3.63, 3.8) is 0 Å². The predicted octanol–water partition coefficient (Wildman–Crippen LogP) is -4.22. The van der Waals surface area contributed by atoms with E-state index in [1.54, 1.807) is 0 Å². The van der Waals surface area contributed by atoms with E-state index in [0.717, 1.165) is 0 Å². The molecule has 0 aliphatic heterocycles. The van der Waals surface area contributed by atoms with Crippen LogP contribution in [0.15, 0.2) is 0 Å². The molecule has 0 heterocycles. The first-order valence-corrected chi connectivity index (χ1v) is 6.68. The molecule has 10 nitrogen and oxygen atoms in total. The topological polar surface area (TPSA) is 185 Å². The van der Waals surface area contributed by atoms with E-state index in [1.807, 2.05) is 0 Å². The number of rotatable bonds is 8. The van der Waals surface area contributed by atoms with Gasteiger partial charge < -0.3 is 40.2 Å². The van der Waals surface area contributed by atoms with Crippen LogP contribution in [0.5, 0.6) is 0 Å². The Morgan fingerprint density at radius 3 is 0.950 bits per heavy atom. The van der Waals surface area contributed by atoms with Crippen molar-refractivity contribution in [3.05, 3.63) is 0 Å². The van der Waals surface area contributed by atoms with Gasteiger partial charge in [0.1, 0.15) is 0 Å². The molecule has 0 rings (SSSR count). The van der Waals surface area contributed by atoms with Gasteiger partial charge in [-0.25, -0.2) is 0 Å². The van der Waals surface area contributed by atoms with Gasteiger partial charge in [0, 0.05) is 36.6 Å². The summed E-state index contributed by atoms with van der Waals surface area (Å²) in [5.74, 6) is 0. The minimum atomic E-state index is -5.17. The Morgan fingerprint density at radius 2 is 0.850 bits per heavy atom. The van der Waals surface area contributed by atoms with Gasteiger partial charge >= 0.3 is 16.8 Å². The van der Waals surface area contributed by atoms with Gasteiger partial charge in [-0.1, -0.05) is 0 Å². The number of aliphatic hydroxyl groups is 4. The van der Waals surface area contributed by atoms with Crippen molar-refractivity contribution in [2.24, 2.45) is 0 Å². The first-order valence-electron chi connectivity index (χ1n) is 5.35. The Bertz CT molecular complexity index is 217. The molecule has 0 amide bonds. The zero-order valence-corrected chi connectivity index (χ0v) is 12.7. The number of nitrogens with one attached hydrogen (secondary N) is 2. The molecule has 0 bridgehead atoms. The fourth-order valence-corrected chi connectivity index (χ4v) is 0.566. The van der Waals surface area contributed by atoms with E-state index in [4.69, 9.17) is 37.9 Å². The first-order chi connectivity index (χ1) is 8.83. The summed E-state index contributed by atoms with van der Waals surface area (Å²) < 4.78 is 34.1. The van der Waals surface area contributed by atoms with Gasteiger partial charge in [0.15, 0.2) is 0 Å². The van der Waals surface area contributed by atoms with Gasteiger partial charge in [-0.3, -0.25) is 8.42 Å². The molecule has 1 radical (unpaired) electrons. The van der Waals surface area contributed by atoms with Crippen LogP contribution in [0, 0.1) is 0 Å². The van der Waals surface area contributed by atoms with Gasteiger partial charge in [-0.05, 0) is 0 Å². The number of hydrogen-bond donors (Lipinski definition) is 6. The quantitative estimate of drug-likeness (QED) is 0.140. The minimum absolute atomic E-state index is 0. The Kier molecular flexibility index (Phi) is 34.2. The standard InChI is InChI=1S/2C4H11NO2.Co.H2O4S/c2*6-3-1-5-2-4-7;;1-5(2,3)4/h2*5-7H,1-4H2;;(H2,1,2,3,4)/q;;+2;/p-2. The summed E-state index contributed by atoms with van der Waals surface area (Å²) in [7, 11) is -5.17. The third-order valence-electron chi connectivity index (χ3n) is 1.15. The molecule has 0 saturated carbocycles. The smallest absolute Gasteiger partial charge is 0.759 e. The molecule has 0 aliphatic rings. The van der Waals surface area contributed by atoms with E-state index in [1.165, 1.54) is 0 Å². The third-order valence-corrected chi connectivity index (χ3v) is 1.15. The molecule has 0 spiro atoms.